The van der Waals surface area contributed by atoms with Crippen LogP contribution in [0.5, 0.6) is 0 Å². The van der Waals surface area contributed by atoms with Gasteiger partial charge < -0.3 is 0 Å². The van der Waals surface area contributed by atoms with E-state index in [1.165, 1.54) is 33.4 Å². The molecule has 1 spiro atoms. The van der Waals surface area contributed by atoms with Gasteiger partial charge in [-0.15, -0.1) is 6.42 Å². The average molecular weight is 336 g/mol. The Morgan fingerprint density at radius 2 is 1.96 bits per heavy atom. The van der Waals surface area contributed by atoms with Crippen LogP contribution in [-0.2, 0) is 5.41 Å². The molecule has 0 N–H and O–H groups in total. The molecule has 0 heterocycles. The van der Waals surface area contributed by atoms with Gasteiger partial charge in [0.05, 0.1) is 0 Å². The lowest BCUT2D eigenvalue weighted by atomic mass is 9.71. The number of halogens is 1. The van der Waals surface area contributed by atoms with Gasteiger partial charge in [-0.1, -0.05) is 60.6 Å². The standard InChI is InChI=1S/C25H17F/c1-2-3-4-8-17-16-25(22-11-6-5-9-19(17)22)23-12-7-10-20(23)21-14-13-18(26)15-24(21)25/h1,3-11,13-15H,12,16H2/b4-3-,17-8+. The zero-order valence-electron chi connectivity index (χ0n) is 14.3. The van der Waals surface area contributed by atoms with E-state index in [2.05, 4.69) is 48.4 Å². The van der Waals surface area contributed by atoms with Gasteiger partial charge in [0, 0.05) is 5.41 Å². The zero-order valence-corrected chi connectivity index (χ0v) is 14.3. The van der Waals surface area contributed by atoms with Gasteiger partial charge in [-0.25, -0.2) is 4.39 Å². The summed E-state index contributed by atoms with van der Waals surface area (Å²) >= 11 is 0. The molecule has 1 unspecified atom stereocenters. The third-order valence-corrected chi connectivity index (χ3v) is 5.86. The van der Waals surface area contributed by atoms with Crippen LogP contribution in [0.2, 0.25) is 0 Å². The maximum atomic E-state index is 14.2. The lowest BCUT2D eigenvalue weighted by Crippen LogP contribution is -2.25. The van der Waals surface area contributed by atoms with Gasteiger partial charge in [0.25, 0.3) is 0 Å². The minimum atomic E-state index is -0.261. The molecule has 0 amide bonds. The quantitative estimate of drug-likeness (QED) is 0.576. The van der Waals surface area contributed by atoms with E-state index in [9.17, 15) is 4.39 Å². The fraction of sp³-hybridized carbons (Fsp3) is 0.120. The summed E-state index contributed by atoms with van der Waals surface area (Å²) in [6.45, 7) is 0. The summed E-state index contributed by atoms with van der Waals surface area (Å²) in [7, 11) is 0. The first-order valence-corrected chi connectivity index (χ1v) is 8.88. The van der Waals surface area contributed by atoms with Crippen LogP contribution < -0.4 is 0 Å². The maximum absolute atomic E-state index is 14.2. The number of terminal acetylenes is 1. The molecule has 2 aromatic rings. The minimum absolute atomic E-state index is 0.171. The molecule has 0 radical (unpaired) electrons. The molecule has 0 fully saturated rings. The average Bonchev–Trinajstić information content (AvgIpc) is 3.31. The van der Waals surface area contributed by atoms with Crippen molar-refractivity contribution in [2.45, 2.75) is 18.3 Å². The number of rotatable bonds is 1. The van der Waals surface area contributed by atoms with Crippen molar-refractivity contribution in [1.29, 1.82) is 0 Å². The number of hydrogen-bond donors (Lipinski definition) is 0. The second-order valence-corrected chi connectivity index (χ2v) is 7.03. The highest BCUT2D eigenvalue weighted by molar-refractivity contribution is 5.94. The third-order valence-electron chi connectivity index (χ3n) is 5.86. The highest BCUT2D eigenvalue weighted by Crippen LogP contribution is 2.62. The van der Waals surface area contributed by atoms with E-state index in [1.54, 1.807) is 18.2 Å². The monoisotopic (exact) mass is 336 g/mol. The van der Waals surface area contributed by atoms with Gasteiger partial charge in [0.15, 0.2) is 0 Å². The Morgan fingerprint density at radius 1 is 1.08 bits per heavy atom. The predicted octanol–water partition coefficient (Wildman–Crippen LogP) is 5.82. The van der Waals surface area contributed by atoms with Crippen molar-refractivity contribution in [2.75, 3.05) is 0 Å². The molecule has 3 aliphatic carbocycles. The second-order valence-electron chi connectivity index (χ2n) is 7.03. The fourth-order valence-electron chi connectivity index (χ4n) is 4.92. The molecule has 1 heteroatoms. The first kappa shape index (κ1) is 15.2. The van der Waals surface area contributed by atoms with E-state index in [0.717, 1.165) is 18.4 Å². The molecule has 2 aromatic carbocycles. The smallest absolute Gasteiger partial charge is 0.123 e. The molecule has 0 saturated heterocycles. The van der Waals surface area contributed by atoms with Crippen molar-refractivity contribution in [3.63, 3.8) is 0 Å². The Balaban J connectivity index is 1.81. The van der Waals surface area contributed by atoms with E-state index in [0.29, 0.717) is 0 Å². The molecule has 124 valence electrons. The van der Waals surface area contributed by atoms with Crippen molar-refractivity contribution < 1.29 is 4.39 Å². The van der Waals surface area contributed by atoms with Gasteiger partial charge in [-0.3, -0.25) is 0 Å². The van der Waals surface area contributed by atoms with Crippen LogP contribution in [0.25, 0.3) is 11.1 Å². The van der Waals surface area contributed by atoms with Crippen LogP contribution in [0.15, 0.2) is 78.4 Å². The van der Waals surface area contributed by atoms with Crippen LogP contribution in [-0.4, -0.2) is 0 Å². The van der Waals surface area contributed by atoms with Crippen molar-refractivity contribution in [3.05, 3.63) is 106 Å². The fourth-order valence-corrected chi connectivity index (χ4v) is 4.92. The molecular weight excluding hydrogens is 319 g/mol. The number of fused-ring (bicyclic) bond motifs is 6. The van der Waals surface area contributed by atoms with Crippen molar-refractivity contribution >= 4 is 11.1 Å². The van der Waals surface area contributed by atoms with Crippen LogP contribution in [0, 0.1) is 18.2 Å². The SMILES string of the molecule is C#C/C=C\C=C1/CC2(C3=C(C=CC3)c3ccc(F)cc32)c2ccccc21. The van der Waals surface area contributed by atoms with Gasteiger partial charge in [-0.05, 0) is 70.0 Å². The molecule has 26 heavy (non-hydrogen) atoms. The molecule has 0 saturated carbocycles. The highest BCUT2D eigenvalue weighted by Gasteiger charge is 2.51. The molecule has 5 rings (SSSR count). The Kier molecular flexibility index (Phi) is 3.18. The summed E-state index contributed by atoms with van der Waals surface area (Å²) < 4.78 is 14.2. The summed E-state index contributed by atoms with van der Waals surface area (Å²) in [5.41, 5.74) is 8.45. The first-order chi connectivity index (χ1) is 12.8. The summed E-state index contributed by atoms with van der Waals surface area (Å²) in [5, 5.41) is 0. The predicted molar refractivity (Wildman–Crippen MR) is 105 cm³/mol. The molecule has 1 atom stereocenters. The second kappa shape index (κ2) is 5.44. The van der Waals surface area contributed by atoms with E-state index in [1.807, 2.05) is 12.1 Å². The van der Waals surface area contributed by atoms with Crippen LogP contribution in [0.4, 0.5) is 4.39 Å². The highest BCUT2D eigenvalue weighted by atomic mass is 19.1. The van der Waals surface area contributed by atoms with Gasteiger partial charge in [0.2, 0.25) is 0 Å². The van der Waals surface area contributed by atoms with Crippen LogP contribution >= 0.6 is 0 Å². The Bertz CT molecular complexity index is 1100. The van der Waals surface area contributed by atoms with E-state index >= 15 is 0 Å². The Hall–Kier alpha value is -3.11. The van der Waals surface area contributed by atoms with Crippen LogP contribution in [0.1, 0.15) is 35.1 Å². The number of benzene rings is 2. The minimum Gasteiger partial charge on any atom is -0.207 e. The van der Waals surface area contributed by atoms with E-state index in [-0.39, 0.29) is 11.2 Å². The molecule has 0 aliphatic heterocycles. The zero-order chi connectivity index (χ0) is 17.7. The van der Waals surface area contributed by atoms with E-state index in [4.69, 9.17) is 6.42 Å². The van der Waals surface area contributed by atoms with Crippen molar-refractivity contribution in [1.82, 2.24) is 0 Å². The molecule has 3 aliphatic rings. The largest absolute Gasteiger partial charge is 0.207 e. The van der Waals surface area contributed by atoms with Gasteiger partial charge in [-0.2, -0.15) is 0 Å². The van der Waals surface area contributed by atoms with Crippen molar-refractivity contribution in [2.24, 2.45) is 0 Å². The topological polar surface area (TPSA) is 0 Å². The summed E-state index contributed by atoms with van der Waals surface area (Å²) in [4.78, 5) is 0. The summed E-state index contributed by atoms with van der Waals surface area (Å²) in [5.74, 6) is 2.37. The van der Waals surface area contributed by atoms with Crippen molar-refractivity contribution in [3.8, 4) is 12.3 Å². The Morgan fingerprint density at radius 3 is 2.85 bits per heavy atom. The number of hydrogen-bond acceptors (Lipinski definition) is 0. The Labute approximate surface area is 153 Å². The molecule has 0 nitrogen and oxygen atoms in total. The first-order valence-electron chi connectivity index (χ1n) is 8.88. The summed E-state index contributed by atoms with van der Waals surface area (Å²) in [6, 6.07) is 13.8. The summed E-state index contributed by atoms with van der Waals surface area (Å²) in [6.07, 6.45) is 17.3. The van der Waals surface area contributed by atoms with Gasteiger partial charge >= 0.3 is 0 Å². The maximum Gasteiger partial charge on any atom is 0.123 e. The normalized spacial score (nSPS) is 23.8. The molecule has 0 aromatic heterocycles. The lowest BCUT2D eigenvalue weighted by molar-refractivity contribution is 0.606. The number of allylic oxidation sites excluding steroid dienone is 8. The van der Waals surface area contributed by atoms with Gasteiger partial charge in [0.1, 0.15) is 5.82 Å². The molecular formula is C25H17F. The van der Waals surface area contributed by atoms with E-state index < -0.39 is 0 Å². The molecule has 0 bridgehead atoms. The third kappa shape index (κ3) is 1.85. The van der Waals surface area contributed by atoms with Crippen LogP contribution in [0.3, 0.4) is 0 Å². The lowest BCUT2D eigenvalue weighted by Gasteiger charge is -2.30.